The first-order chi connectivity index (χ1) is 19.5. The first-order valence-corrected chi connectivity index (χ1v) is 17.5. The second kappa shape index (κ2) is 11.1. The molecule has 2 aromatic carbocycles. The number of amides is 1. The van der Waals surface area contributed by atoms with Crippen molar-refractivity contribution in [3.05, 3.63) is 58.1 Å². The minimum Gasteiger partial charge on any atom is -0.490 e. The molecular weight excluding hydrogens is 556 g/mol. The molecule has 2 heterocycles. The SMILES string of the molecule is C=S1(=O)C[C@H](C)C[C@H](C)C[C@@H](O)[C@@H]2CC[C@H]2CN2C[C@@]3(CCCc4cc(Cl)ccc43)COc3ccc(cc32)C(=O)N1. The fourth-order valence-corrected chi connectivity index (χ4v) is 9.82. The van der Waals surface area contributed by atoms with Gasteiger partial charge in [-0.15, -0.1) is 0 Å². The van der Waals surface area contributed by atoms with Crippen LogP contribution in [0.1, 0.15) is 73.9 Å². The smallest absolute Gasteiger partial charge is 0.262 e. The second-order valence-corrected chi connectivity index (χ2v) is 16.0. The maximum Gasteiger partial charge on any atom is 0.262 e. The minimum absolute atomic E-state index is 0.118. The van der Waals surface area contributed by atoms with Gasteiger partial charge in [0, 0.05) is 44.6 Å². The summed E-state index contributed by atoms with van der Waals surface area (Å²) in [5.41, 5.74) is 3.73. The van der Waals surface area contributed by atoms with Gasteiger partial charge in [-0.05, 0) is 116 Å². The van der Waals surface area contributed by atoms with Crippen LogP contribution in [0, 0.1) is 23.7 Å². The molecule has 0 saturated heterocycles. The van der Waals surface area contributed by atoms with Crippen LogP contribution in [-0.2, 0) is 21.5 Å². The van der Waals surface area contributed by atoms with Gasteiger partial charge in [-0.3, -0.25) is 9.52 Å². The number of hydrogen-bond acceptors (Lipinski definition) is 5. The molecule has 1 saturated carbocycles. The average Bonchev–Trinajstić information content (AvgIpc) is 3.02. The van der Waals surface area contributed by atoms with E-state index >= 15 is 0 Å². The largest absolute Gasteiger partial charge is 0.490 e. The summed E-state index contributed by atoms with van der Waals surface area (Å²) in [6.07, 6.45) is 6.42. The van der Waals surface area contributed by atoms with Crippen LogP contribution >= 0.6 is 11.6 Å². The zero-order valence-electron chi connectivity index (χ0n) is 24.2. The van der Waals surface area contributed by atoms with Gasteiger partial charge in [0.05, 0.1) is 18.4 Å². The zero-order chi connectivity index (χ0) is 28.9. The third-order valence-electron chi connectivity index (χ3n) is 10.0. The van der Waals surface area contributed by atoms with Gasteiger partial charge < -0.3 is 14.7 Å². The molecule has 1 amide bonds. The van der Waals surface area contributed by atoms with E-state index in [1.807, 2.05) is 18.2 Å². The molecule has 1 spiro atoms. The lowest BCUT2D eigenvalue weighted by Gasteiger charge is -2.46. The van der Waals surface area contributed by atoms with Crippen molar-refractivity contribution >= 4 is 38.8 Å². The first kappa shape index (κ1) is 28.9. The van der Waals surface area contributed by atoms with E-state index in [-0.39, 0.29) is 29.3 Å². The van der Waals surface area contributed by atoms with E-state index in [1.54, 1.807) is 6.07 Å². The summed E-state index contributed by atoms with van der Waals surface area (Å²) in [5.74, 6) is 5.65. The first-order valence-electron chi connectivity index (χ1n) is 15.2. The highest BCUT2D eigenvalue weighted by Crippen LogP contribution is 2.47. The van der Waals surface area contributed by atoms with Crippen molar-refractivity contribution in [2.24, 2.45) is 23.7 Å². The van der Waals surface area contributed by atoms with Gasteiger partial charge in [-0.2, -0.15) is 0 Å². The number of halogens is 1. The third-order valence-corrected chi connectivity index (χ3v) is 11.9. The number of benzene rings is 2. The van der Waals surface area contributed by atoms with Gasteiger partial charge in [-0.1, -0.05) is 31.5 Å². The van der Waals surface area contributed by atoms with Crippen molar-refractivity contribution in [1.82, 2.24) is 4.72 Å². The van der Waals surface area contributed by atoms with E-state index in [2.05, 4.69) is 41.5 Å². The van der Waals surface area contributed by atoms with Crippen LogP contribution in [-0.4, -0.2) is 52.6 Å². The standard InChI is InChI=1S/C33H43ClN2O4S/c1-21-13-22(2)18-41(3,39)35-32(38)24-7-11-31-29(16-24)36(17-25-6-9-27(25)30(37)14-21)19-33(20-40-31)12-4-5-23-15-26(34)8-10-28(23)33/h7-8,10-11,15-16,21-22,25,27,30,37H,3-6,9,12-14,17-20H2,1-2H3,(H,35,38,39)/t21-,22+,25-,27+,30+,33-,41?/m0/s1. The van der Waals surface area contributed by atoms with E-state index < -0.39 is 9.71 Å². The molecule has 0 radical (unpaired) electrons. The molecule has 2 aliphatic heterocycles. The number of hydrogen-bond donors (Lipinski definition) is 2. The molecule has 6 nitrogen and oxygen atoms in total. The van der Waals surface area contributed by atoms with E-state index in [9.17, 15) is 14.1 Å². The Bertz CT molecular complexity index is 1430. The predicted octanol–water partition coefficient (Wildman–Crippen LogP) is 5.63. The summed E-state index contributed by atoms with van der Waals surface area (Å²) < 4.78 is 22.7. The molecule has 7 atom stereocenters. The molecule has 1 unspecified atom stereocenters. The summed E-state index contributed by atoms with van der Waals surface area (Å²) in [5, 5.41) is 12.1. The van der Waals surface area contributed by atoms with Crippen molar-refractivity contribution < 1.29 is 18.8 Å². The Hall–Kier alpha value is -2.22. The zero-order valence-corrected chi connectivity index (χ0v) is 25.8. The lowest BCUT2D eigenvalue weighted by molar-refractivity contribution is 0.000594. The van der Waals surface area contributed by atoms with Crippen LogP contribution in [0.5, 0.6) is 5.75 Å². The summed E-state index contributed by atoms with van der Waals surface area (Å²) >= 11 is 6.40. The van der Waals surface area contributed by atoms with Gasteiger partial charge in [0.1, 0.15) is 5.75 Å². The number of anilines is 1. The average molecular weight is 599 g/mol. The number of aryl methyl sites for hydroxylation is 1. The molecule has 2 aliphatic carbocycles. The van der Waals surface area contributed by atoms with Crippen LogP contribution < -0.4 is 14.4 Å². The molecule has 2 bridgehead atoms. The second-order valence-electron chi connectivity index (χ2n) is 13.4. The number of ether oxygens (including phenoxy) is 1. The third kappa shape index (κ3) is 5.87. The van der Waals surface area contributed by atoms with Crippen LogP contribution in [0.25, 0.3) is 0 Å². The molecular formula is C33H43ClN2O4S. The normalized spacial score (nSPS) is 35.8. The Labute approximate surface area is 249 Å². The number of aliphatic hydroxyl groups excluding tert-OH is 1. The van der Waals surface area contributed by atoms with Crippen LogP contribution in [0.2, 0.25) is 5.02 Å². The fraction of sp³-hybridized carbons (Fsp3) is 0.576. The number of carbonyl (C=O) groups excluding carboxylic acids is 1. The maximum absolute atomic E-state index is 13.4. The molecule has 4 aliphatic rings. The summed E-state index contributed by atoms with van der Waals surface area (Å²) in [6.45, 7) is 6.33. The van der Waals surface area contributed by atoms with Crippen molar-refractivity contribution in [2.45, 2.75) is 70.3 Å². The summed E-state index contributed by atoms with van der Waals surface area (Å²) in [6, 6.07) is 11.8. The molecule has 6 rings (SSSR count). The minimum atomic E-state index is -2.82. The number of nitrogens with zero attached hydrogens (tertiary/aromatic N) is 1. The molecule has 0 aromatic heterocycles. The van der Waals surface area contributed by atoms with Crippen molar-refractivity contribution in [2.75, 3.05) is 30.3 Å². The monoisotopic (exact) mass is 598 g/mol. The topological polar surface area (TPSA) is 78.9 Å². The highest BCUT2D eigenvalue weighted by molar-refractivity contribution is 7.99. The van der Waals surface area contributed by atoms with Crippen molar-refractivity contribution in [3.63, 3.8) is 0 Å². The molecule has 1 fully saturated rings. The quantitative estimate of drug-likeness (QED) is 0.385. The van der Waals surface area contributed by atoms with E-state index in [0.29, 0.717) is 29.8 Å². The molecule has 222 valence electrons. The van der Waals surface area contributed by atoms with Crippen molar-refractivity contribution in [3.8, 4) is 5.75 Å². The van der Waals surface area contributed by atoms with Gasteiger partial charge in [0.2, 0.25) is 0 Å². The molecule has 8 heteroatoms. The van der Waals surface area contributed by atoms with Gasteiger partial charge in [-0.25, -0.2) is 4.21 Å². The highest BCUT2D eigenvalue weighted by Gasteiger charge is 2.44. The fourth-order valence-electron chi connectivity index (χ4n) is 8.03. The Morgan fingerprint density at radius 2 is 1.98 bits per heavy atom. The summed E-state index contributed by atoms with van der Waals surface area (Å²) in [7, 11) is -2.82. The van der Waals surface area contributed by atoms with E-state index in [4.69, 9.17) is 16.3 Å². The van der Waals surface area contributed by atoms with Crippen LogP contribution in [0.4, 0.5) is 5.69 Å². The number of fused-ring (bicyclic) bond motifs is 4. The Kier molecular flexibility index (Phi) is 7.84. The predicted molar refractivity (Wildman–Crippen MR) is 168 cm³/mol. The molecule has 2 aromatic rings. The summed E-state index contributed by atoms with van der Waals surface area (Å²) in [4.78, 5) is 15.8. The number of rotatable bonds is 0. The number of carbonyl (C=O) groups is 1. The van der Waals surface area contributed by atoms with Crippen molar-refractivity contribution in [1.29, 1.82) is 0 Å². The number of aliphatic hydroxyl groups is 1. The molecule has 41 heavy (non-hydrogen) atoms. The van der Waals surface area contributed by atoms with Crippen LogP contribution in [0.15, 0.2) is 36.4 Å². The Morgan fingerprint density at radius 3 is 2.76 bits per heavy atom. The lowest BCUT2D eigenvalue weighted by atomic mass is 9.67. The van der Waals surface area contributed by atoms with E-state index in [0.717, 1.165) is 74.5 Å². The van der Waals surface area contributed by atoms with Gasteiger partial charge in [0.15, 0.2) is 0 Å². The highest BCUT2D eigenvalue weighted by atomic mass is 35.5. The number of nitrogens with one attached hydrogen (secondary N) is 1. The van der Waals surface area contributed by atoms with Crippen LogP contribution in [0.3, 0.4) is 0 Å². The van der Waals surface area contributed by atoms with Gasteiger partial charge in [0.25, 0.3) is 5.91 Å². The maximum atomic E-state index is 13.4. The van der Waals surface area contributed by atoms with Gasteiger partial charge >= 0.3 is 0 Å². The Morgan fingerprint density at radius 1 is 1.15 bits per heavy atom. The lowest BCUT2D eigenvalue weighted by Crippen LogP contribution is -2.49. The van der Waals surface area contributed by atoms with E-state index in [1.165, 1.54) is 11.1 Å². The molecule has 2 N–H and O–H groups in total. The Balaban J connectivity index is 1.41.